The molecule has 0 spiro atoms. The third-order valence-corrected chi connectivity index (χ3v) is 3.02. The molecule has 0 saturated carbocycles. The van der Waals surface area contributed by atoms with Gasteiger partial charge >= 0.3 is 0 Å². The molecular formula is C14H21NO4. The number of hydrogen-bond donors (Lipinski definition) is 1. The Balaban J connectivity index is 2.01. The predicted octanol–water partition coefficient (Wildman–Crippen LogP) is 1.46. The quantitative estimate of drug-likeness (QED) is 0.875. The van der Waals surface area contributed by atoms with Crippen molar-refractivity contribution in [2.75, 3.05) is 33.9 Å². The van der Waals surface area contributed by atoms with E-state index >= 15 is 0 Å². The highest BCUT2D eigenvalue weighted by molar-refractivity contribution is 5.51. The van der Waals surface area contributed by atoms with Crippen LogP contribution in [-0.4, -0.2) is 46.1 Å². The van der Waals surface area contributed by atoms with Crippen LogP contribution in [0.2, 0.25) is 0 Å². The van der Waals surface area contributed by atoms with Crippen LogP contribution in [0.1, 0.15) is 6.92 Å². The first-order chi connectivity index (χ1) is 9.24. The lowest BCUT2D eigenvalue weighted by Crippen LogP contribution is -2.45. The summed E-state index contributed by atoms with van der Waals surface area (Å²) < 4.78 is 22.2. The molecule has 1 aromatic carbocycles. The zero-order valence-electron chi connectivity index (χ0n) is 11.6. The van der Waals surface area contributed by atoms with Crippen molar-refractivity contribution < 1.29 is 18.9 Å². The second kappa shape index (κ2) is 6.63. The third-order valence-electron chi connectivity index (χ3n) is 3.02. The number of nitrogens with one attached hydrogen (secondary N) is 1. The van der Waals surface area contributed by atoms with Crippen molar-refractivity contribution in [2.45, 2.75) is 19.1 Å². The van der Waals surface area contributed by atoms with E-state index in [-0.39, 0.29) is 12.2 Å². The minimum Gasteiger partial charge on any atom is -0.493 e. The van der Waals surface area contributed by atoms with Gasteiger partial charge in [-0.05, 0) is 19.1 Å². The molecule has 1 N–H and O–H groups in total. The number of ether oxygens (including phenoxy) is 4. The summed E-state index contributed by atoms with van der Waals surface area (Å²) >= 11 is 0. The fourth-order valence-corrected chi connectivity index (χ4v) is 2.11. The summed E-state index contributed by atoms with van der Waals surface area (Å²) in [4.78, 5) is 0. The van der Waals surface area contributed by atoms with E-state index in [9.17, 15) is 0 Å². The van der Waals surface area contributed by atoms with Gasteiger partial charge in [0, 0.05) is 13.1 Å². The number of methoxy groups -OCH3 is 2. The SMILES string of the molecule is COc1cccc(OC)c1OCC1CNCC(C)O1. The van der Waals surface area contributed by atoms with Gasteiger partial charge in [0.15, 0.2) is 11.5 Å². The Kier molecular flexibility index (Phi) is 4.87. The molecule has 0 amide bonds. The maximum absolute atomic E-state index is 5.82. The van der Waals surface area contributed by atoms with Crippen LogP contribution < -0.4 is 19.5 Å². The van der Waals surface area contributed by atoms with Crippen molar-refractivity contribution in [2.24, 2.45) is 0 Å². The Morgan fingerprint density at radius 2 is 1.89 bits per heavy atom. The molecule has 0 aliphatic carbocycles. The molecule has 19 heavy (non-hydrogen) atoms. The maximum Gasteiger partial charge on any atom is 0.203 e. The normalized spacial score (nSPS) is 22.9. The Morgan fingerprint density at radius 3 is 2.47 bits per heavy atom. The Morgan fingerprint density at radius 1 is 1.21 bits per heavy atom. The minimum absolute atomic E-state index is 0.0402. The van der Waals surface area contributed by atoms with Crippen LogP contribution in [0.15, 0.2) is 18.2 Å². The predicted molar refractivity (Wildman–Crippen MR) is 72.2 cm³/mol. The fourth-order valence-electron chi connectivity index (χ4n) is 2.11. The average Bonchev–Trinajstić information content (AvgIpc) is 2.44. The standard InChI is InChI=1S/C14H21NO4/c1-10-7-15-8-11(19-10)9-18-14-12(16-2)5-4-6-13(14)17-3/h4-6,10-11,15H,7-9H2,1-3H3. The van der Waals surface area contributed by atoms with Crippen molar-refractivity contribution in [3.63, 3.8) is 0 Å². The Labute approximate surface area is 113 Å². The van der Waals surface area contributed by atoms with Crippen LogP contribution in [-0.2, 0) is 4.74 Å². The maximum atomic E-state index is 5.82. The number of morpholine rings is 1. The second-order valence-electron chi connectivity index (χ2n) is 4.53. The molecule has 1 aliphatic heterocycles. The lowest BCUT2D eigenvalue weighted by molar-refractivity contribution is -0.0475. The summed E-state index contributed by atoms with van der Waals surface area (Å²) in [6.07, 6.45) is 0.250. The van der Waals surface area contributed by atoms with E-state index in [0.29, 0.717) is 23.9 Å². The van der Waals surface area contributed by atoms with Crippen molar-refractivity contribution in [3.05, 3.63) is 18.2 Å². The van der Waals surface area contributed by atoms with E-state index in [1.807, 2.05) is 25.1 Å². The van der Waals surface area contributed by atoms with Gasteiger partial charge < -0.3 is 24.3 Å². The van der Waals surface area contributed by atoms with E-state index in [4.69, 9.17) is 18.9 Å². The van der Waals surface area contributed by atoms with Gasteiger partial charge in [0.2, 0.25) is 5.75 Å². The summed E-state index contributed by atoms with van der Waals surface area (Å²) in [6, 6.07) is 5.56. The molecule has 0 aromatic heterocycles. The summed E-state index contributed by atoms with van der Waals surface area (Å²) in [6.45, 7) is 4.19. The first-order valence-electron chi connectivity index (χ1n) is 6.44. The molecule has 0 radical (unpaired) electrons. The van der Waals surface area contributed by atoms with Gasteiger partial charge in [-0.2, -0.15) is 0 Å². The first kappa shape index (κ1) is 14.0. The molecule has 1 fully saturated rings. The van der Waals surface area contributed by atoms with E-state index in [0.717, 1.165) is 13.1 Å². The third kappa shape index (κ3) is 3.52. The van der Waals surface area contributed by atoms with Crippen LogP contribution in [0.5, 0.6) is 17.2 Å². The largest absolute Gasteiger partial charge is 0.493 e. The van der Waals surface area contributed by atoms with Gasteiger partial charge in [-0.3, -0.25) is 0 Å². The molecule has 106 valence electrons. The lowest BCUT2D eigenvalue weighted by Gasteiger charge is -2.29. The summed E-state index contributed by atoms with van der Waals surface area (Å²) in [7, 11) is 3.23. The zero-order valence-corrected chi connectivity index (χ0v) is 11.6. The van der Waals surface area contributed by atoms with Crippen LogP contribution in [0.3, 0.4) is 0 Å². The average molecular weight is 267 g/mol. The lowest BCUT2D eigenvalue weighted by atomic mass is 10.2. The number of benzene rings is 1. The van der Waals surface area contributed by atoms with Crippen LogP contribution in [0.4, 0.5) is 0 Å². The Hall–Kier alpha value is -1.46. The topological polar surface area (TPSA) is 49.0 Å². The smallest absolute Gasteiger partial charge is 0.203 e. The van der Waals surface area contributed by atoms with Crippen LogP contribution in [0, 0.1) is 0 Å². The highest BCUT2D eigenvalue weighted by atomic mass is 16.6. The van der Waals surface area contributed by atoms with Gasteiger partial charge in [0.05, 0.1) is 20.3 Å². The molecule has 1 saturated heterocycles. The molecule has 1 aromatic rings. The minimum atomic E-state index is 0.0402. The highest BCUT2D eigenvalue weighted by Crippen LogP contribution is 2.36. The van der Waals surface area contributed by atoms with Crippen molar-refractivity contribution >= 4 is 0 Å². The number of para-hydroxylation sites is 1. The van der Waals surface area contributed by atoms with Crippen molar-refractivity contribution in [3.8, 4) is 17.2 Å². The van der Waals surface area contributed by atoms with Crippen molar-refractivity contribution in [1.82, 2.24) is 5.32 Å². The van der Waals surface area contributed by atoms with Gasteiger partial charge in [-0.15, -0.1) is 0 Å². The molecule has 2 unspecified atom stereocenters. The monoisotopic (exact) mass is 267 g/mol. The van der Waals surface area contributed by atoms with Crippen molar-refractivity contribution in [1.29, 1.82) is 0 Å². The number of hydrogen-bond acceptors (Lipinski definition) is 5. The van der Waals surface area contributed by atoms with Crippen LogP contribution in [0.25, 0.3) is 0 Å². The van der Waals surface area contributed by atoms with Gasteiger partial charge in [-0.25, -0.2) is 0 Å². The molecule has 5 nitrogen and oxygen atoms in total. The molecule has 0 bridgehead atoms. The fraction of sp³-hybridized carbons (Fsp3) is 0.571. The van der Waals surface area contributed by atoms with Crippen LogP contribution >= 0.6 is 0 Å². The summed E-state index contributed by atoms with van der Waals surface area (Å²) in [5, 5.41) is 3.31. The molecule has 2 rings (SSSR count). The molecular weight excluding hydrogens is 246 g/mol. The summed E-state index contributed by atoms with van der Waals surface area (Å²) in [5.74, 6) is 1.95. The van der Waals surface area contributed by atoms with Gasteiger partial charge in [-0.1, -0.05) is 6.07 Å². The van der Waals surface area contributed by atoms with E-state index in [1.54, 1.807) is 14.2 Å². The number of rotatable bonds is 5. The molecule has 2 atom stereocenters. The van der Waals surface area contributed by atoms with E-state index in [1.165, 1.54) is 0 Å². The molecule has 1 aliphatic rings. The van der Waals surface area contributed by atoms with Gasteiger partial charge in [0.25, 0.3) is 0 Å². The zero-order chi connectivity index (χ0) is 13.7. The van der Waals surface area contributed by atoms with E-state index < -0.39 is 0 Å². The first-order valence-corrected chi connectivity index (χ1v) is 6.44. The molecule has 5 heteroatoms. The second-order valence-corrected chi connectivity index (χ2v) is 4.53. The summed E-state index contributed by atoms with van der Waals surface area (Å²) in [5.41, 5.74) is 0. The van der Waals surface area contributed by atoms with Gasteiger partial charge in [0.1, 0.15) is 12.7 Å². The Bertz CT molecular complexity index is 388. The molecule has 1 heterocycles. The van der Waals surface area contributed by atoms with E-state index in [2.05, 4.69) is 5.32 Å². The highest BCUT2D eigenvalue weighted by Gasteiger charge is 2.21.